The molecular formula is C41H28N6. The molecule has 0 unspecified atom stereocenters. The van der Waals surface area contributed by atoms with E-state index in [2.05, 4.69) is 60.7 Å². The number of hydrogen-bond acceptors (Lipinski definition) is 4. The number of benzene rings is 6. The zero-order valence-electron chi connectivity index (χ0n) is 25.4. The van der Waals surface area contributed by atoms with Gasteiger partial charge in [-0.05, 0) is 52.9 Å². The zero-order valence-corrected chi connectivity index (χ0v) is 25.4. The standard InChI is InChI=1S/C41H28N6/c1-5-13-28(14-6-1)38-42-40(30-17-9-3-10-18-30)46(44-38)34-23-21-32-25-33-22-24-35(27-37(33)36(32)26-34)47-41(31-19-11-4-12-20-31)43-39(45-47)29-15-7-2-8-16-29/h1-24,26-27H,25H2. The molecule has 1 aliphatic rings. The number of nitrogens with zero attached hydrogens (tertiary/aromatic N) is 6. The van der Waals surface area contributed by atoms with E-state index in [-0.39, 0.29) is 0 Å². The van der Waals surface area contributed by atoms with Crippen LogP contribution in [-0.4, -0.2) is 29.5 Å². The molecule has 0 radical (unpaired) electrons. The van der Waals surface area contributed by atoms with Crippen LogP contribution in [0.2, 0.25) is 0 Å². The van der Waals surface area contributed by atoms with Crippen LogP contribution in [0.25, 0.3) is 68.1 Å². The highest BCUT2D eigenvalue weighted by molar-refractivity contribution is 5.80. The Morgan fingerprint density at radius 2 is 0.745 bits per heavy atom. The van der Waals surface area contributed by atoms with E-state index in [0.29, 0.717) is 11.6 Å². The molecule has 222 valence electrons. The first-order valence-electron chi connectivity index (χ1n) is 15.7. The van der Waals surface area contributed by atoms with E-state index in [1.165, 1.54) is 22.3 Å². The van der Waals surface area contributed by atoms with Crippen molar-refractivity contribution in [2.75, 3.05) is 0 Å². The van der Waals surface area contributed by atoms with Gasteiger partial charge in [-0.15, -0.1) is 10.2 Å². The highest BCUT2D eigenvalue weighted by Gasteiger charge is 2.23. The molecule has 6 aromatic carbocycles. The van der Waals surface area contributed by atoms with Crippen LogP contribution in [0.1, 0.15) is 11.1 Å². The zero-order chi connectivity index (χ0) is 31.2. The molecule has 0 bridgehead atoms. The maximum Gasteiger partial charge on any atom is 0.182 e. The van der Waals surface area contributed by atoms with Gasteiger partial charge in [-0.2, -0.15) is 0 Å². The van der Waals surface area contributed by atoms with Crippen LogP contribution in [0, 0.1) is 0 Å². The third-order valence-corrected chi connectivity index (χ3v) is 8.69. The first-order valence-corrected chi connectivity index (χ1v) is 15.7. The van der Waals surface area contributed by atoms with Gasteiger partial charge < -0.3 is 0 Å². The fraction of sp³-hybridized carbons (Fsp3) is 0.0244. The highest BCUT2D eigenvalue weighted by atomic mass is 15.4. The second kappa shape index (κ2) is 11.2. The smallest absolute Gasteiger partial charge is 0.182 e. The molecule has 0 saturated carbocycles. The fourth-order valence-electron chi connectivity index (χ4n) is 6.36. The molecule has 0 amide bonds. The quantitative estimate of drug-likeness (QED) is 0.190. The molecule has 9 rings (SSSR count). The molecule has 0 aliphatic heterocycles. The molecule has 2 heterocycles. The summed E-state index contributed by atoms with van der Waals surface area (Å²) in [6.45, 7) is 0. The number of hydrogen-bond donors (Lipinski definition) is 0. The minimum atomic E-state index is 0.696. The average Bonchev–Trinajstić information content (AvgIpc) is 3.89. The summed E-state index contributed by atoms with van der Waals surface area (Å²) in [5.74, 6) is 3.00. The average molecular weight is 605 g/mol. The van der Waals surface area contributed by atoms with Crippen LogP contribution in [0.3, 0.4) is 0 Å². The predicted octanol–water partition coefficient (Wildman–Crippen LogP) is 9.09. The second-order valence-corrected chi connectivity index (χ2v) is 11.7. The Balaban J connectivity index is 1.17. The SMILES string of the molecule is c1ccc(-c2nc(-c3ccccc3)n(-c3ccc4c(c3)-c3cc(-n5nc(-c6ccccc6)nc5-c5ccccc5)ccc3C4)n2)cc1. The molecule has 8 aromatic rings. The molecule has 47 heavy (non-hydrogen) atoms. The third-order valence-electron chi connectivity index (χ3n) is 8.69. The minimum Gasteiger partial charge on any atom is -0.213 e. The summed E-state index contributed by atoms with van der Waals surface area (Å²) in [6.07, 6.45) is 0.877. The van der Waals surface area contributed by atoms with E-state index >= 15 is 0 Å². The van der Waals surface area contributed by atoms with Gasteiger partial charge in [0.2, 0.25) is 0 Å². The Morgan fingerprint density at radius 1 is 0.383 bits per heavy atom. The summed E-state index contributed by atoms with van der Waals surface area (Å²) in [5.41, 5.74) is 10.9. The van der Waals surface area contributed by atoms with Gasteiger partial charge in [0.25, 0.3) is 0 Å². The van der Waals surface area contributed by atoms with Crippen LogP contribution < -0.4 is 0 Å². The minimum absolute atomic E-state index is 0.696. The van der Waals surface area contributed by atoms with Crippen molar-refractivity contribution in [2.24, 2.45) is 0 Å². The lowest BCUT2D eigenvalue weighted by Gasteiger charge is -2.10. The van der Waals surface area contributed by atoms with Crippen LogP contribution in [0.5, 0.6) is 0 Å². The highest BCUT2D eigenvalue weighted by Crippen LogP contribution is 2.40. The largest absolute Gasteiger partial charge is 0.213 e. The molecular weight excluding hydrogens is 576 g/mol. The molecule has 0 N–H and O–H groups in total. The van der Waals surface area contributed by atoms with E-state index in [4.69, 9.17) is 20.2 Å². The summed E-state index contributed by atoms with van der Waals surface area (Å²) in [4.78, 5) is 10.0. The van der Waals surface area contributed by atoms with Gasteiger partial charge in [-0.25, -0.2) is 19.3 Å². The third kappa shape index (κ3) is 4.84. The van der Waals surface area contributed by atoms with E-state index < -0.39 is 0 Å². The van der Waals surface area contributed by atoms with Gasteiger partial charge in [0.1, 0.15) is 0 Å². The number of fused-ring (bicyclic) bond motifs is 3. The first-order chi connectivity index (χ1) is 23.3. The fourth-order valence-corrected chi connectivity index (χ4v) is 6.36. The van der Waals surface area contributed by atoms with Crippen LogP contribution in [0.15, 0.2) is 158 Å². The number of aromatic nitrogens is 6. The number of rotatable bonds is 6. The lowest BCUT2D eigenvalue weighted by molar-refractivity contribution is 0.889. The molecule has 2 aromatic heterocycles. The van der Waals surface area contributed by atoms with Crippen molar-refractivity contribution in [1.29, 1.82) is 0 Å². The summed E-state index contributed by atoms with van der Waals surface area (Å²) in [6, 6.07) is 54.0. The molecule has 1 aliphatic carbocycles. The van der Waals surface area contributed by atoms with Gasteiger partial charge in [0.05, 0.1) is 11.4 Å². The Labute approximate surface area is 272 Å². The van der Waals surface area contributed by atoms with Crippen molar-refractivity contribution in [3.8, 4) is 68.1 Å². The summed E-state index contributed by atoms with van der Waals surface area (Å²) < 4.78 is 3.94. The monoisotopic (exact) mass is 604 g/mol. The molecule has 0 atom stereocenters. The Morgan fingerprint density at radius 3 is 1.13 bits per heavy atom. The molecule has 0 spiro atoms. The predicted molar refractivity (Wildman–Crippen MR) is 186 cm³/mol. The maximum absolute atomic E-state index is 5.03. The van der Waals surface area contributed by atoms with Crippen molar-refractivity contribution < 1.29 is 0 Å². The van der Waals surface area contributed by atoms with Gasteiger partial charge in [0, 0.05) is 22.3 Å². The van der Waals surface area contributed by atoms with Crippen molar-refractivity contribution in [1.82, 2.24) is 29.5 Å². The van der Waals surface area contributed by atoms with E-state index in [1.54, 1.807) is 0 Å². The van der Waals surface area contributed by atoms with Gasteiger partial charge in [-0.3, -0.25) is 0 Å². The molecule has 6 heteroatoms. The van der Waals surface area contributed by atoms with Crippen molar-refractivity contribution in [3.05, 3.63) is 169 Å². The molecule has 0 saturated heterocycles. The Bertz CT molecular complexity index is 2190. The van der Waals surface area contributed by atoms with E-state index in [9.17, 15) is 0 Å². The summed E-state index contributed by atoms with van der Waals surface area (Å²) >= 11 is 0. The molecule has 6 nitrogen and oxygen atoms in total. The van der Waals surface area contributed by atoms with Gasteiger partial charge in [-0.1, -0.05) is 133 Å². The lowest BCUT2D eigenvalue weighted by Crippen LogP contribution is -2.01. The Hall–Kier alpha value is -6.40. The topological polar surface area (TPSA) is 61.4 Å². The normalized spacial score (nSPS) is 11.7. The van der Waals surface area contributed by atoms with Gasteiger partial charge in [0.15, 0.2) is 23.3 Å². The van der Waals surface area contributed by atoms with Crippen molar-refractivity contribution in [3.63, 3.8) is 0 Å². The van der Waals surface area contributed by atoms with Crippen LogP contribution in [-0.2, 0) is 6.42 Å². The van der Waals surface area contributed by atoms with Crippen molar-refractivity contribution in [2.45, 2.75) is 6.42 Å². The lowest BCUT2D eigenvalue weighted by atomic mass is 10.0. The van der Waals surface area contributed by atoms with E-state index in [0.717, 1.165) is 51.7 Å². The second-order valence-electron chi connectivity index (χ2n) is 11.7. The van der Waals surface area contributed by atoms with Gasteiger partial charge >= 0.3 is 0 Å². The summed E-state index contributed by atoms with van der Waals surface area (Å²) in [5, 5.41) is 10.1. The first kappa shape index (κ1) is 27.0. The van der Waals surface area contributed by atoms with Crippen molar-refractivity contribution >= 4 is 0 Å². The maximum atomic E-state index is 5.03. The Kier molecular flexibility index (Phi) is 6.42. The molecule has 0 fully saturated rings. The van der Waals surface area contributed by atoms with Crippen LogP contribution >= 0.6 is 0 Å². The van der Waals surface area contributed by atoms with E-state index in [1.807, 2.05) is 106 Å². The van der Waals surface area contributed by atoms with Crippen LogP contribution in [0.4, 0.5) is 0 Å². The summed E-state index contributed by atoms with van der Waals surface area (Å²) in [7, 11) is 0.